The number of ether oxygens (including phenoxy) is 1. The van der Waals surface area contributed by atoms with Gasteiger partial charge in [0.25, 0.3) is 0 Å². The van der Waals surface area contributed by atoms with Gasteiger partial charge in [0.1, 0.15) is 0 Å². The summed E-state index contributed by atoms with van der Waals surface area (Å²) in [5.74, 6) is 0.00950. The highest BCUT2D eigenvalue weighted by Gasteiger charge is 2.34. The van der Waals surface area contributed by atoms with E-state index in [1.807, 2.05) is 6.92 Å². The van der Waals surface area contributed by atoms with E-state index in [4.69, 9.17) is 4.74 Å². The van der Waals surface area contributed by atoms with Crippen molar-refractivity contribution in [1.82, 2.24) is 0 Å². The molecular weight excluding hydrogens is 156 g/mol. The fourth-order valence-electron chi connectivity index (χ4n) is 1.68. The molecule has 3 nitrogen and oxygen atoms in total. The van der Waals surface area contributed by atoms with Crippen LogP contribution in [0.25, 0.3) is 0 Å². The summed E-state index contributed by atoms with van der Waals surface area (Å²) in [6, 6.07) is 0. The molecule has 70 valence electrons. The molecule has 0 saturated heterocycles. The van der Waals surface area contributed by atoms with Crippen molar-refractivity contribution in [2.75, 3.05) is 6.61 Å². The van der Waals surface area contributed by atoms with E-state index in [-0.39, 0.29) is 23.9 Å². The van der Waals surface area contributed by atoms with Gasteiger partial charge in [-0.3, -0.25) is 4.79 Å². The van der Waals surface area contributed by atoms with Crippen LogP contribution in [0.15, 0.2) is 0 Å². The molecule has 0 radical (unpaired) electrons. The zero-order valence-corrected chi connectivity index (χ0v) is 7.62. The van der Waals surface area contributed by atoms with E-state index >= 15 is 0 Å². The molecule has 3 heteroatoms. The molecule has 0 aliphatic heterocycles. The summed E-state index contributed by atoms with van der Waals surface area (Å²) >= 11 is 0. The predicted octanol–water partition coefficient (Wildman–Crippen LogP) is 0.957. The maximum absolute atomic E-state index is 11.2. The Morgan fingerprint density at radius 2 is 2.25 bits per heavy atom. The number of aliphatic hydroxyl groups excluding tert-OH is 1. The van der Waals surface area contributed by atoms with Crippen molar-refractivity contribution in [2.24, 2.45) is 11.8 Å². The smallest absolute Gasteiger partial charge is 0.309 e. The van der Waals surface area contributed by atoms with Crippen LogP contribution in [0.3, 0.4) is 0 Å². The highest BCUT2D eigenvalue weighted by molar-refractivity contribution is 5.72. The first-order chi connectivity index (χ1) is 5.65. The van der Waals surface area contributed by atoms with E-state index in [9.17, 15) is 9.90 Å². The maximum Gasteiger partial charge on any atom is 0.309 e. The van der Waals surface area contributed by atoms with Crippen LogP contribution in [0.2, 0.25) is 0 Å². The van der Waals surface area contributed by atoms with Gasteiger partial charge in [-0.15, -0.1) is 0 Å². The average Bonchev–Trinajstić information content (AvgIpc) is 2.33. The average molecular weight is 172 g/mol. The summed E-state index contributed by atoms with van der Waals surface area (Å²) in [4.78, 5) is 11.2. The van der Waals surface area contributed by atoms with E-state index in [2.05, 4.69) is 0 Å². The Labute approximate surface area is 72.7 Å². The second kappa shape index (κ2) is 3.90. The van der Waals surface area contributed by atoms with Gasteiger partial charge in [-0.25, -0.2) is 0 Å². The summed E-state index contributed by atoms with van der Waals surface area (Å²) in [6.45, 7) is 4.19. The van der Waals surface area contributed by atoms with Crippen LogP contribution in [0.5, 0.6) is 0 Å². The molecule has 0 heterocycles. The van der Waals surface area contributed by atoms with E-state index in [1.165, 1.54) is 0 Å². The largest absolute Gasteiger partial charge is 0.466 e. The summed E-state index contributed by atoms with van der Waals surface area (Å²) < 4.78 is 4.87. The van der Waals surface area contributed by atoms with Gasteiger partial charge in [-0.2, -0.15) is 0 Å². The molecule has 1 unspecified atom stereocenters. The van der Waals surface area contributed by atoms with Gasteiger partial charge in [-0.05, 0) is 25.7 Å². The Bertz CT molecular complexity index is 157. The van der Waals surface area contributed by atoms with Gasteiger partial charge in [-0.1, -0.05) is 6.92 Å². The molecule has 0 amide bonds. The first-order valence-corrected chi connectivity index (χ1v) is 4.49. The van der Waals surface area contributed by atoms with Gasteiger partial charge < -0.3 is 9.84 Å². The molecule has 3 atom stereocenters. The third kappa shape index (κ3) is 1.97. The summed E-state index contributed by atoms with van der Waals surface area (Å²) in [6.07, 6.45) is 1.01. The molecule has 1 aliphatic carbocycles. The molecule has 0 aromatic carbocycles. The highest BCUT2D eigenvalue weighted by atomic mass is 16.5. The quantitative estimate of drug-likeness (QED) is 0.631. The number of rotatable bonds is 2. The Morgan fingerprint density at radius 1 is 1.58 bits per heavy atom. The highest BCUT2D eigenvalue weighted by Crippen LogP contribution is 2.31. The lowest BCUT2D eigenvalue weighted by Crippen LogP contribution is -2.15. The van der Waals surface area contributed by atoms with Gasteiger partial charge in [0.05, 0.1) is 18.6 Å². The Hall–Kier alpha value is -0.570. The molecule has 1 aliphatic rings. The normalized spacial score (nSPS) is 35.1. The van der Waals surface area contributed by atoms with Crippen molar-refractivity contribution in [3.8, 4) is 0 Å². The van der Waals surface area contributed by atoms with Crippen molar-refractivity contribution in [3.05, 3.63) is 0 Å². The first kappa shape index (κ1) is 9.52. The molecule has 0 bridgehead atoms. The maximum atomic E-state index is 11.2. The standard InChI is InChI=1S/C9H16O3/c1-3-12-9(11)7-4-6(2)8(10)5-7/h6-8,10H,3-5H2,1-2H3/t6-,7+,8?/m1/s1. The number of hydrogen-bond acceptors (Lipinski definition) is 3. The SMILES string of the molecule is CCOC(=O)[C@@H]1CC(O)[C@H](C)C1. The molecule has 12 heavy (non-hydrogen) atoms. The van der Waals surface area contributed by atoms with E-state index in [1.54, 1.807) is 6.92 Å². The number of esters is 1. The summed E-state index contributed by atoms with van der Waals surface area (Å²) in [5.41, 5.74) is 0. The number of hydrogen-bond donors (Lipinski definition) is 1. The fraction of sp³-hybridized carbons (Fsp3) is 0.889. The zero-order chi connectivity index (χ0) is 9.14. The summed E-state index contributed by atoms with van der Waals surface area (Å²) in [5, 5.41) is 9.38. The Balaban J connectivity index is 2.40. The van der Waals surface area contributed by atoms with Gasteiger partial charge in [0.15, 0.2) is 0 Å². The molecule has 1 saturated carbocycles. The first-order valence-electron chi connectivity index (χ1n) is 4.49. The topological polar surface area (TPSA) is 46.5 Å². The molecule has 1 fully saturated rings. The number of carbonyl (C=O) groups excluding carboxylic acids is 1. The van der Waals surface area contributed by atoms with Gasteiger partial charge in [0.2, 0.25) is 0 Å². The number of carbonyl (C=O) groups is 1. The van der Waals surface area contributed by atoms with Gasteiger partial charge >= 0.3 is 5.97 Å². The Kier molecular flexibility index (Phi) is 3.09. The minimum atomic E-state index is -0.320. The second-order valence-corrected chi connectivity index (χ2v) is 3.47. The monoisotopic (exact) mass is 172 g/mol. The van der Waals surface area contributed by atoms with Crippen LogP contribution in [0, 0.1) is 11.8 Å². The van der Waals surface area contributed by atoms with Crippen molar-refractivity contribution in [2.45, 2.75) is 32.8 Å². The molecule has 0 spiro atoms. The molecule has 0 aromatic rings. The van der Waals surface area contributed by atoms with Gasteiger partial charge in [0, 0.05) is 0 Å². The van der Waals surface area contributed by atoms with Crippen molar-refractivity contribution >= 4 is 5.97 Å². The lowest BCUT2D eigenvalue weighted by molar-refractivity contribution is -0.148. The summed E-state index contributed by atoms with van der Waals surface area (Å²) in [7, 11) is 0. The molecular formula is C9H16O3. The van der Waals surface area contributed by atoms with Crippen LogP contribution in [0.4, 0.5) is 0 Å². The van der Waals surface area contributed by atoms with Crippen LogP contribution in [-0.4, -0.2) is 23.8 Å². The van der Waals surface area contributed by atoms with E-state index in [0.717, 1.165) is 6.42 Å². The lowest BCUT2D eigenvalue weighted by Gasteiger charge is -2.06. The Morgan fingerprint density at radius 3 is 2.67 bits per heavy atom. The fourth-order valence-corrected chi connectivity index (χ4v) is 1.68. The predicted molar refractivity (Wildman–Crippen MR) is 44.5 cm³/mol. The second-order valence-electron chi connectivity index (χ2n) is 3.47. The van der Waals surface area contributed by atoms with E-state index in [0.29, 0.717) is 13.0 Å². The van der Waals surface area contributed by atoms with Crippen LogP contribution >= 0.6 is 0 Å². The lowest BCUT2D eigenvalue weighted by atomic mass is 10.1. The molecule has 1 N–H and O–H groups in total. The van der Waals surface area contributed by atoms with Crippen molar-refractivity contribution in [1.29, 1.82) is 0 Å². The zero-order valence-electron chi connectivity index (χ0n) is 7.62. The molecule has 0 aromatic heterocycles. The number of aliphatic hydroxyl groups is 1. The van der Waals surface area contributed by atoms with E-state index < -0.39 is 0 Å². The van der Waals surface area contributed by atoms with Crippen molar-refractivity contribution < 1.29 is 14.6 Å². The third-order valence-corrected chi connectivity index (χ3v) is 2.46. The minimum Gasteiger partial charge on any atom is -0.466 e. The molecule has 1 rings (SSSR count). The van der Waals surface area contributed by atoms with Crippen LogP contribution in [0.1, 0.15) is 26.7 Å². The third-order valence-electron chi connectivity index (χ3n) is 2.46. The van der Waals surface area contributed by atoms with Crippen LogP contribution in [-0.2, 0) is 9.53 Å². The van der Waals surface area contributed by atoms with Crippen LogP contribution < -0.4 is 0 Å². The van der Waals surface area contributed by atoms with Crippen molar-refractivity contribution in [3.63, 3.8) is 0 Å². The minimum absolute atomic E-state index is 0.0741.